The van der Waals surface area contributed by atoms with E-state index >= 15 is 0 Å². The number of anilines is 1. The first-order chi connectivity index (χ1) is 7.65. The Morgan fingerprint density at radius 3 is 2.81 bits per heavy atom. The van der Waals surface area contributed by atoms with Crippen molar-refractivity contribution >= 4 is 23.9 Å². The van der Waals surface area contributed by atoms with E-state index in [1.54, 1.807) is 12.3 Å². The Morgan fingerprint density at radius 1 is 1.62 bits per heavy atom. The van der Waals surface area contributed by atoms with Gasteiger partial charge in [0.15, 0.2) is 0 Å². The molecule has 0 bridgehead atoms. The Morgan fingerprint density at radius 2 is 2.31 bits per heavy atom. The molecule has 1 unspecified atom stereocenters. The van der Waals surface area contributed by atoms with Crippen LogP contribution in [0.5, 0.6) is 5.75 Å². The molecule has 0 heterocycles. The van der Waals surface area contributed by atoms with Gasteiger partial charge < -0.3 is 21.3 Å². The van der Waals surface area contributed by atoms with Crippen molar-refractivity contribution in [2.24, 2.45) is 5.73 Å². The molecule has 1 atom stereocenters. The molecule has 0 fully saturated rings. The van der Waals surface area contributed by atoms with Gasteiger partial charge in [-0.2, -0.15) is 0 Å². The van der Waals surface area contributed by atoms with Crippen molar-refractivity contribution < 1.29 is 15.0 Å². The number of hydrogen-bond donors (Lipinski definition) is 4. The fraction of sp³-hybridized carbons (Fsp3) is 0.300. The van der Waals surface area contributed by atoms with E-state index in [2.05, 4.69) is 5.32 Å². The molecule has 6 heteroatoms. The molecule has 0 aromatic heterocycles. The summed E-state index contributed by atoms with van der Waals surface area (Å²) in [5, 5.41) is 21.7. The van der Waals surface area contributed by atoms with E-state index in [4.69, 9.17) is 5.73 Å². The number of aromatic hydroxyl groups is 1. The third-order valence-electron chi connectivity index (χ3n) is 2.16. The van der Waals surface area contributed by atoms with Crippen LogP contribution in [0.1, 0.15) is 11.7 Å². The lowest BCUT2D eigenvalue weighted by Crippen LogP contribution is -2.13. The highest BCUT2D eigenvalue weighted by atomic mass is 32.2. The maximum atomic E-state index is 10.4. The van der Waals surface area contributed by atoms with Gasteiger partial charge in [-0.05, 0) is 17.9 Å². The van der Waals surface area contributed by atoms with Crippen molar-refractivity contribution in [3.8, 4) is 5.75 Å². The molecule has 0 aliphatic carbocycles. The Balaban J connectivity index is 3.29. The van der Waals surface area contributed by atoms with E-state index < -0.39 is 6.10 Å². The summed E-state index contributed by atoms with van der Waals surface area (Å²) in [5.41, 5.74) is 6.27. The van der Waals surface area contributed by atoms with E-state index in [-0.39, 0.29) is 12.3 Å². The van der Waals surface area contributed by atoms with Crippen molar-refractivity contribution in [1.29, 1.82) is 0 Å². The summed E-state index contributed by atoms with van der Waals surface area (Å²) in [4.78, 5) is 11.0. The van der Waals surface area contributed by atoms with Gasteiger partial charge in [0.2, 0.25) is 6.41 Å². The lowest BCUT2D eigenvalue weighted by Gasteiger charge is -2.16. The molecule has 0 saturated heterocycles. The molecule has 1 aromatic carbocycles. The number of nitrogens with one attached hydrogen (secondary N) is 1. The minimum absolute atomic E-state index is 0.0376. The largest absolute Gasteiger partial charge is 0.506 e. The molecule has 1 rings (SSSR count). The second kappa shape index (κ2) is 5.74. The molecule has 5 nitrogen and oxygen atoms in total. The number of amides is 1. The summed E-state index contributed by atoms with van der Waals surface area (Å²) >= 11 is 1.32. The molecule has 0 radical (unpaired) electrons. The Hall–Kier alpha value is -1.24. The zero-order chi connectivity index (χ0) is 12.1. The van der Waals surface area contributed by atoms with E-state index in [0.717, 1.165) is 0 Å². The van der Waals surface area contributed by atoms with Crippen molar-refractivity contribution in [2.45, 2.75) is 11.0 Å². The first kappa shape index (κ1) is 12.8. The van der Waals surface area contributed by atoms with E-state index in [1.807, 2.05) is 0 Å². The van der Waals surface area contributed by atoms with E-state index in [1.165, 1.54) is 17.8 Å². The van der Waals surface area contributed by atoms with Gasteiger partial charge >= 0.3 is 0 Å². The van der Waals surface area contributed by atoms with Crippen LogP contribution >= 0.6 is 11.8 Å². The fourth-order valence-corrected chi connectivity index (χ4v) is 2.20. The maximum absolute atomic E-state index is 10.4. The van der Waals surface area contributed by atoms with Gasteiger partial charge in [0, 0.05) is 11.4 Å². The highest BCUT2D eigenvalue weighted by Gasteiger charge is 2.16. The van der Waals surface area contributed by atoms with Gasteiger partial charge in [-0.3, -0.25) is 4.79 Å². The monoisotopic (exact) mass is 242 g/mol. The number of carbonyl (C=O) groups is 1. The summed E-state index contributed by atoms with van der Waals surface area (Å²) < 4.78 is 0. The van der Waals surface area contributed by atoms with Gasteiger partial charge in [0.1, 0.15) is 5.75 Å². The van der Waals surface area contributed by atoms with Gasteiger partial charge in [-0.25, -0.2) is 0 Å². The summed E-state index contributed by atoms with van der Waals surface area (Å²) in [7, 11) is 0. The Bertz CT molecular complexity index is 385. The Kier molecular flexibility index (Phi) is 4.60. The first-order valence-electron chi connectivity index (χ1n) is 4.63. The number of phenols is 1. The lowest BCUT2D eigenvalue weighted by molar-refractivity contribution is -0.105. The SMILES string of the molecule is CSc1c(C(O)CN)ccc(O)c1NC=O. The third-order valence-corrected chi connectivity index (χ3v) is 3.00. The molecule has 5 N–H and O–H groups in total. The number of carbonyl (C=O) groups excluding carboxylic acids is 1. The number of benzene rings is 1. The summed E-state index contributed by atoms with van der Waals surface area (Å²) in [6.45, 7) is 0.0822. The lowest BCUT2D eigenvalue weighted by atomic mass is 10.1. The average molecular weight is 242 g/mol. The Labute approximate surface area is 97.7 Å². The first-order valence-corrected chi connectivity index (χ1v) is 5.86. The number of aliphatic hydroxyl groups excluding tert-OH is 1. The van der Waals surface area contributed by atoms with Crippen LogP contribution in [-0.4, -0.2) is 29.4 Å². The molecular weight excluding hydrogens is 228 g/mol. The van der Waals surface area contributed by atoms with Crippen molar-refractivity contribution in [3.05, 3.63) is 17.7 Å². The second-order valence-corrected chi connectivity index (χ2v) is 3.91. The van der Waals surface area contributed by atoms with Crippen molar-refractivity contribution in [2.75, 3.05) is 18.1 Å². The summed E-state index contributed by atoms with van der Waals surface area (Å²) in [6.07, 6.45) is 1.46. The number of thioether (sulfide) groups is 1. The zero-order valence-corrected chi connectivity index (χ0v) is 9.62. The molecular formula is C10H14N2O3S. The highest BCUT2D eigenvalue weighted by molar-refractivity contribution is 7.98. The van der Waals surface area contributed by atoms with Crippen LogP contribution < -0.4 is 11.1 Å². The maximum Gasteiger partial charge on any atom is 0.211 e. The van der Waals surface area contributed by atoms with Crippen molar-refractivity contribution in [1.82, 2.24) is 0 Å². The predicted octanol–water partition coefficient (Wildman–Crippen LogP) is 0.674. The van der Waals surface area contributed by atoms with Gasteiger partial charge in [0.25, 0.3) is 0 Å². The quantitative estimate of drug-likeness (QED) is 0.346. The molecule has 0 aliphatic heterocycles. The fourth-order valence-electron chi connectivity index (χ4n) is 1.40. The van der Waals surface area contributed by atoms with Crippen LogP contribution in [0.15, 0.2) is 17.0 Å². The van der Waals surface area contributed by atoms with Gasteiger partial charge in [-0.1, -0.05) is 6.07 Å². The minimum Gasteiger partial charge on any atom is -0.506 e. The van der Waals surface area contributed by atoms with Gasteiger partial charge in [0.05, 0.1) is 11.8 Å². The van der Waals surface area contributed by atoms with Crippen molar-refractivity contribution in [3.63, 3.8) is 0 Å². The second-order valence-electron chi connectivity index (χ2n) is 3.10. The molecule has 0 saturated carbocycles. The molecule has 1 aromatic rings. The summed E-state index contributed by atoms with van der Waals surface area (Å²) in [6, 6.07) is 3.01. The molecule has 88 valence electrons. The number of aliphatic hydroxyl groups is 1. The molecule has 16 heavy (non-hydrogen) atoms. The topological polar surface area (TPSA) is 95.6 Å². The summed E-state index contributed by atoms with van der Waals surface area (Å²) in [5.74, 6) is -0.0376. The number of hydrogen-bond acceptors (Lipinski definition) is 5. The number of rotatable bonds is 5. The normalized spacial score (nSPS) is 12.2. The number of nitrogens with two attached hydrogens (primary N) is 1. The minimum atomic E-state index is -0.810. The zero-order valence-electron chi connectivity index (χ0n) is 8.80. The van der Waals surface area contributed by atoms with Crippen LogP contribution in [-0.2, 0) is 4.79 Å². The van der Waals surface area contributed by atoms with Crippen LogP contribution in [0.2, 0.25) is 0 Å². The molecule has 0 aliphatic rings. The number of phenolic OH excluding ortho intramolecular Hbond substituents is 1. The van der Waals surface area contributed by atoms with Crippen LogP contribution in [0.4, 0.5) is 5.69 Å². The van der Waals surface area contributed by atoms with E-state index in [9.17, 15) is 15.0 Å². The average Bonchev–Trinajstić information content (AvgIpc) is 2.30. The predicted molar refractivity (Wildman–Crippen MR) is 63.6 cm³/mol. The van der Waals surface area contributed by atoms with Crippen LogP contribution in [0.3, 0.4) is 0 Å². The van der Waals surface area contributed by atoms with Gasteiger partial charge in [-0.15, -0.1) is 11.8 Å². The van der Waals surface area contributed by atoms with E-state index in [0.29, 0.717) is 22.6 Å². The highest BCUT2D eigenvalue weighted by Crippen LogP contribution is 2.38. The molecule has 0 spiro atoms. The van der Waals surface area contributed by atoms with Crippen LogP contribution in [0, 0.1) is 0 Å². The smallest absolute Gasteiger partial charge is 0.211 e. The van der Waals surface area contributed by atoms with Crippen LogP contribution in [0.25, 0.3) is 0 Å². The molecule has 1 amide bonds. The third kappa shape index (κ3) is 2.46. The standard InChI is InChI=1S/C10H14N2O3S/c1-16-10-6(8(15)4-11)2-3-7(14)9(10)12-5-13/h2-3,5,8,14-15H,4,11H2,1H3,(H,12,13).